The molecule has 1 unspecified atom stereocenters. The Balaban J connectivity index is 1.60. The third-order valence-electron chi connectivity index (χ3n) is 6.88. The van der Waals surface area contributed by atoms with Gasteiger partial charge in [-0.3, -0.25) is 9.88 Å². The van der Waals surface area contributed by atoms with E-state index in [1.54, 1.807) is 0 Å². The molecule has 6 nitrogen and oxygen atoms in total. The van der Waals surface area contributed by atoms with Gasteiger partial charge in [0, 0.05) is 30.7 Å². The van der Waals surface area contributed by atoms with Crippen LogP contribution in [0.4, 0.5) is 4.79 Å². The summed E-state index contributed by atoms with van der Waals surface area (Å²) in [6.07, 6.45) is 9.83. The van der Waals surface area contributed by atoms with Crippen molar-refractivity contribution in [3.8, 4) is 5.75 Å². The second kappa shape index (κ2) is 12.4. The molecule has 188 valence electrons. The van der Waals surface area contributed by atoms with E-state index in [1.165, 1.54) is 18.4 Å². The number of aryl methyl sites for hydroxylation is 1. The number of piperidine rings is 1. The van der Waals surface area contributed by atoms with Crippen LogP contribution < -0.4 is 10.5 Å². The van der Waals surface area contributed by atoms with Crippen LogP contribution in [-0.4, -0.2) is 47.8 Å². The van der Waals surface area contributed by atoms with Crippen LogP contribution in [0.15, 0.2) is 30.5 Å². The van der Waals surface area contributed by atoms with Crippen molar-refractivity contribution >= 4 is 17.0 Å². The lowest BCUT2D eigenvalue weighted by atomic mass is 9.81. The molecule has 1 atom stereocenters. The van der Waals surface area contributed by atoms with Gasteiger partial charge in [0.15, 0.2) is 0 Å². The first-order valence-corrected chi connectivity index (χ1v) is 13.0. The third kappa shape index (κ3) is 7.59. The van der Waals surface area contributed by atoms with Gasteiger partial charge in [-0.25, -0.2) is 4.79 Å². The van der Waals surface area contributed by atoms with Gasteiger partial charge in [0.2, 0.25) is 0 Å². The highest BCUT2D eigenvalue weighted by Gasteiger charge is 2.33. The number of likely N-dealkylation sites (tertiary alicyclic amines) is 1. The van der Waals surface area contributed by atoms with Crippen LogP contribution in [-0.2, 0) is 11.2 Å². The molecule has 0 spiro atoms. The molecule has 2 N–H and O–H groups in total. The number of carbonyl (C=O) groups is 1. The summed E-state index contributed by atoms with van der Waals surface area (Å²) in [5.74, 6) is 0.935. The fourth-order valence-corrected chi connectivity index (χ4v) is 5.09. The Kier molecular flexibility index (Phi) is 9.57. The fourth-order valence-electron chi connectivity index (χ4n) is 5.09. The second-order valence-electron chi connectivity index (χ2n) is 10.7. The average molecular weight is 470 g/mol. The van der Waals surface area contributed by atoms with Gasteiger partial charge in [-0.2, -0.15) is 0 Å². The number of nitrogens with two attached hydrogens (primary N) is 1. The van der Waals surface area contributed by atoms with Gasteiger partial charge in [-0.1, -0.05) is 40.2 Å². The number of ether oxygens (including phenoxy) is 2. The maximum atomic E-state index is 10.8. The van der Waals surface area contributed by atoms with E-state index < -0.39 is 6.09 Å². The predicted molar refractivity (Wildman–Crippen MR) is 138 cm³/mol. The van der Waals surface area contributed by atoms with Crippen molar-refractivity contribution in [3.05, 3.63) is 36.0 Å². The van der Waals surface area contributed by atoms with Crippen LogP contribution in [0.5, 0.6) is 5.75 Å². The summed E-state index contributed by atoms with van der Waals surface area (Å²) in [6.45, 7) is 11.7. The molecule has 1 aromatic heterocycles. The first-order chi connectivity index (χ1) is 16.3. The van der Waals surface area contributed by atoms with Gasteiger partial charge in [-0.15, -0.1) is 0 Å². The zero-order chi connectivity index (χ0) is 24.6. The number of rotatable bonds is 11. The van der Waals surface area contributed by atoms with E-state index in [2.05, 4.69) is 55.8 Å². The molecule has 1 saturated heterocycles. The molecule has 2 heterocycles. The average Bonchev–Trinajstić information content (AvgIpc) is 2.80. The van der Waals surface area contributed by atoms with Gasteiger partial charge in [0.05, 0.1) is 6.61 Å². The Bertz CT molecular complexity index is 917. The smallest absolute Gasteiger partial charge is 0.404 e. The predicted octanol–water partition coefficient (Wildman–Crippen LogP) is 6.10. The molecular formula is C28H43N3O3. The van der Waals surface area contributed by atoms with Crippen molar-refractivity contribution in [2.24, 2.45) is 11.1 Å². The van der Waals surface area contributed by atoms with Crippen LogP contribution in [0.3, 0.4) is 0 Å². The molecule has 2 aromatic rings. The van der Waals surface area contributed by atoms with Crippen molar-refractivity contribution in [3.63, 3.8) is 0 Å². The van der Waals surface area contributed by atoms with E-state index in [-0.39, 0.29) is 11.5 Å². The molecule has 1 aliphatic rings. The number of primary amides is 1. The van der Waals surface area contributed by atoms with E-state index in [4.69, 9.17) is 15.2 Å². The van der Waals surface area contributed by atoms with Gasteiger partial charge in [0.1, 0.15) is 17.4 Å². The quantitative estimate of drug-likeness (QED) is 0.402. The van der Waals surface area contributed by atoms with E-state index in [0.29, 0.717) is 12.6 Å². The summed E-state index contributed by atoms with van der Waals surface area (Å²) >= 11 is 0. The lowest BCUT2D eigenvalue weighted by Gasteiger charge is -2.44. The summed E-state index contributed by atoms with van der Waals surface area (Å²) in [6, 6.07) is 9.09. The maximum absolute atomic E-state index is 10.8. The van der Waals surface area contributed by atoms with Crippen molar-refractivity contribution in [1.82, 2.24) is 9.88 Å². The number of fused-ring (bicyclic) bond motifs is 1. The Morgan fingerprint density at radius 1 is 1.21 bits per heavy atom. The monoisotopic (exact) mass is 469 g/mol. The summed E-state index contributed by atoms with van der Waals surface area (Å²) in [7, 11) is 0. The zero-order valence-electron chi connectivity index (χ0n) is 21.5. The molecule has 34 heavy (non-hydrogen) atoms. The number of nitrogens with zero attached hydrogens (tertiary/aromatic N) is 2. The molecule has 0 bridgehead atoms. The van der Waals surface area contributed by atoms with Crippen LogP contribution in [0.25, 0.3) is 10.9 Å². The van der Waals surface area contributed by atoms with Crippen LogP contribution in [0.1, 0.15) is 78.2 Å². The van der Waals surface area contributed by atoms with Gasteiger partial charge >= 0.3 is 6.09 Å². The highest BCUT2D eigenvalue weighted by atomic mass is 16.5. The van der Waals surface area contributed by atoms with E-state index in [9.17, 15) is 4.79 Å². The van der Waals surface area contributed by atoms with E-state index in [0.717, 1.165) is 68.3 Å². The summed E-state index contributed by atoms with van der Waals surface area (Å²) in [5.41, 5.74) is 7.55. The third-order valence-corrected chi connectivity index (χ3v) is 6.88. The molecule has 1 aromatic carbocycles. The second-order valence-corrected chi connectivity index (χ2v) is 10.7. The van der Waals surface area contributed by atoms with Gasteiger partial charge in [-0.05, 0) is 74.1 Å². The SMILES string of the molecule is CCCCc1cc(OC2CCN(C(CCCCOC(N)=O)C(C)(C)C)CC2)c2ncccc2c1. The number of pyridine rings is 1. The topological polar surface area (TPSA) is 77.7 Å². The Morgan fingerprint density at radius 3 is 2.65 bits per heavy atom. The number of benzene rings is 1. The first-order valence-electron chi connectivity index (χ1n) is 13.0. The molecule has 6 heteroatoms. The molecule has 1 fully saturated rings. The number of amides is 1. The molecule has 1 aliphatic heterocycles. The number of carbonyl (C=O) groups excluding carboxylic acids is 1. The van der Waals surface area contributed by atoms with Gasteiger partial charge < -0.3 is 15.2 Å². The fraction of sp³-hybridized carbons (Fsp3) is 0.643. The van der Waals surface area contributed by atoms with Gasteiger partial charge in [0.25, 0.3) is 0 Å². The molecule has 3 rings (SSSR count). The first kappa shape index (κ1) is 26.3. The van der Waals surface area contributed by atoms with E-state index in [1.807, 2.05) is 12.3 Å². The Morgan fingerprint density at radius 2 is 1.97 bits per heavy atom. The molecule has 0 aliphatic carbocycles. The summed E-state index contributed by atoms with van der Waals surface area (Å²) < 4.78 is 11.5. The molecule has 0 saturated carbocycles. The Hall–Kier alpha value is -2.34. The highest BCUT2D eigenvalue weighted by molar-refractivity contribution is 5.85. The zero-order valence-corrected chi connectivity index (χ0v) is 21.5. The largest absolute Gasteiger partial charge is 0.488 e. The number of unbranched alkanes of at least 4 members (excludes halogenated alkanes) is 2. The van der Waals surface area contributed by atoms with Crippen molar-refractivity contribution in [1.29, 1.82) is 0 Å². The lowest BCUT2D eigenvalue weighted by Crippen LogP contribution is -2.49. The van der Waals surface area contributed by atoms with Crippen LogP contribution >= 0.6 is 0 Å². The molecule has 0 radical (unpaired) electrons. The highest BCUT2D eigenvalue weighted by Crippen LogP contribution is 2.33. The van der Waals surface area contributed by atoms with Crippen molar-refractivity contribution < 1.29 is 14.3 Å². The normalized spacial score (nSPS) is 16.5. The lowest BCUT2D eigenvalue weighted by molar-refractivity contribution is 0.0306. The minimum absolute atomic E-state index is 0.186. The summed E-state index contributed by atoms with van der Waals surface area (Å²) in [4.78, 5) is 18.0. The number of hydrogen-bond donors (Lipinski definition) is 1. The van der Waals surface area contributed by atoms with Crippen LogP contribution in [0, 0.1) is 5.41 Å². The standard InChI is InChI=1S/C28H43N3O3/c1-5-6-10-21-19-22-11-9-15-30-26(22)24(20-21)34-23-13-16-31(17-14-23)25(28(2,3)4)12-7-8-18-33-27(29)32/h9,11,15,19-20,23,25H,5-8,10,12-14,16-18H2,1-4H3,(H2,29,32). The maximum Gasteiger partial charge on any atom is 0.404 e. The Labute approximate surface area is 205 Å². The summed E-state index contributed by atoms with van der Waals surface area (Å²) in [5, 5.41) is 1.16. The van der Waals surface area contributed by atoms with Crippen LogP contribution in [0.2, 0.25) is 0 Å². The number of aromatic nitrogens is 1. The van der Waals surface area contributed by atoms with Crippen molar-refractivity contribution in [2.45, 2.75) is 91.2 Å². The number of hydrogen-bond acceptors (Lipinski definition) is 5. The molecular weight excluding hydrogens is 426 g/mol. The molecule has 1 amide bonds. The minimum Gasteiger partial charge on any atom is -0.488 e. The van der Waals surface area contributed by atoms with Crippen molar-refractivity contribution in [2.75, 3.05) is 19.7 Å². The van der Waals surface area contributed by atoms with E-state index >= 15 is 0 Å². The minimum atomic E-state index is -0.687.